The maximum absolute atomic E-state index is 9.04. The Kier molecular flexibility index (Phi) is 2.82. The molecule has 0 unspecified atom stereocenters. The molecule has 0 spiro atoms. The first-order valence-corrected chi connectivity index (χ1v) is 5.77. The highest BCUT2D eigenvalue weighted by Gasteiger charge is 2.10. The molecule has 3 aromatic rings. The van der Waals surface area contributed by atoms with Crippen molar-refractivity contribution in [3.8, 4) is 23.3 Å². The van der Waals surface area contributed by atoms with Crippen LogP contribution in [-0.4, -0.2) is 25.0 Å². The quantitative estimate of drug-likeness (QED) is 0.696. The summed E-state index contributed by atoms with van der Waals surface area (Å²) in [5, 5.41) is 21.0. The average molecular weight is 263 g/mol. The fourth-order valence-electron chi connectivity index (χ4n) is 1.76. The van der Waals surface area contributed by atoms with E-state index in [1.165, 1.54) is 17.2 Å². The molecule has 96 valence electrons. The standard InChI is InChI=1S/C13H9N7/c14-7-10-4-5-17-18-13(10)20-8-16-12(19-20)9-2-1-3-11(15)6-9/h1-6,8H,15H2. The lowest BCUT2D eigenvalue weighted by molar-refractivity contribution is 0.811. The van der Waals surface area contributed by atoms with Crippen molar-refractivity contribution in [1.29, 1.82) is 5.26 Å². The highest BCUT2D eigenvalue weighted by atomic mass is 15.4. The summed E-state index contributed by atoms with van der Waals surface area (Å²) in [6.07, 6.45) is 2.95. The van der Waals surface area contributed by atoms with Crippen LogP contribution in [0.2, 0.25) is 0 Å². The second-order valence-corrected chi connectivity index (χ2v) is 4.02. The van der Waals surface area contributed by atoms with Gasteiger partial charge in [-0.05, 0) is 18.2 Å². The van der Waals surface area contributed by atoms with E-state index in [4.69, 9.17) is 11.0 Å². The smallest absolute Gasteiger partial charge is 0.195 e. The van der Waals surface area contributed by atoms with Crippen LogP contribution < -0.4 is 5.73 Å². The Morgan fingerprint density at radius 1 is 1.25 bits per heavy atom. The van der Waals surface area contributed by atoms with Crippen LogP contribution >= 0.6 is 0 Å². The third-order valence-corrected chi connectivity index (χ3v) is 2.68. The van der Waals surface area contributed by atoms with Crippen LogP contribution in [0.1, 0.15) is 5.56 Å². The van der Waals surface area contributed by atoms with Crippen LogP contribution in [0.3, 0.4) is 0 Å². The van der Waals surface area contributed by atoms with E-state index in [0.717, 1.165) is 5.56 Å². The highest BCUT2D eigenvalue weighted by molar-refractivity contribution is 5.60. The molecule has 0 amide bonds. The van der Waals surface area contributed by atoms with E-state index in [1.807, 2.05) is 18.2 Å². The van der Waals surface area contributed by atoms with E-state index < -0.39 is 0 Å². The summed E-state index contributed by atoms with van der Waals surface area (Å²) in [5.74, 6) is 0.851. The molecule has 0 bridgehead atoms. The first-order valence-electron chi connectivity index (χ1n) is 5.77. The van der Waals surface area contributed by atoms with Crippen molar-refractivity contribution < 1.29 is 0 Å². The van der Waals surface area contributed by atoms with Crippen molar-refractivity contribution in [3.05, 3.63) is 48.4 Å². The maximum atomic E-state index is 9.04. The van der Waals surface area contributed by atoms with E-state index in [0.29, 0.717) is 22.9 Å². The minimum Gasteiger partial charge on any atom is -0.399 e. The van der Waals surface area contributed by atoms with Gasteiger partial charge in [-0.2, -0.15) is 15.0 Å². The molecule has 0 fully saturated rings. The Labute approximate surface area is 114 Å². The van der Waals surface area contributed by atoms with Gasteiger partial charge in [-0.3, -0.25) is 0 Å². The minimum absolute atomic E-state index is 0.345. The SMILES string of the molecule is N#Cc1ccnnc1-n1cnc(-c2cccc(N)c2)n1. The van der Waals surface area contributed by atoms with Gasteiger partial charge in [-0.25, -0.2) is 4.98 Å². The molecule has 0 aliphatic carbocycles. The summed E-state index contributed by atoms with van der Waals surface area (Å²) in [5.41, 5.74) is 7.54. The summed E-state index contributed by atoms with van der Waals surface area (Å²) in [7, 11) is 0. The van der Waals surface area contributed by atoms with Gasteiger partial charge in [0.1, 0.15) is 18.0 Å². The van der Waals surface area contributed by atoms with Gasteiger partial charge in [-0.1, -0.05) is 12.1 Å². The molecule has 20 heavy (non-hydrogen) atoms. The normalized spacial score (nSPS) is 10.2. The summed E-state index contributed by atoms with van der Waals surface area (Å²) in [6.45, 7) is 0. The maximum Gasteiger partial charge on any atom is 0.195 e. The lowest BCUT2D eigenvalue weighted by atomic mass is 10.2. The number of aromatic nitrogens is 5. The molecular formula is C13H9N7. The molecule has 3 rings (SSSR count). The first-order chi connectivity index (χ1) is 9.78. The molecule has 0 aliphatic rings. The molecule has 2 aromatic heterocycles. The van der Waals surface area contributed by atoms with Gasteiger partial charge in [-0.15, -0.1) is 10.2 Å². The summed E-state index contributed by atoms with van der Waals surface area (Å²) < 4.78 is 1.42. The van der Waals surface area contributed by atoms with Crippen LogP contribution in [0.4, 0.5) is 5.69 Å². The monoisotopic (exact) mass is 263 g/mol. The molecular weight excluding hydrogens is 254 g/mol. The van der Waals surface area contributed by atoms with Crippen LogP contribution in [-0.2, 0) is 0 Å². The van der Waals surface area contributed by atoms with Crippen LogP contribution in [0, 0.1) is 11.3 Å². The van der Waals surface area contributed by atoms with Gasteiger partial charge in [0.05, 0.1) is 6.20 Å². The van der Waals surface area contributed by atoms with Crippen molar-refractivity contribution >= 4 is 5.69 Å². The zero-order chi connectivity index (χ0) is 13.9. The first kappa shape index (κ1) is 11.8. The molecule has 7 nitrogen and oxygen atoms in total. The Bertz CT molecular complexity index is 800. The number of nitrogen functional groups attached to an aromatic ring is 1. The average Bonchev–Trinajstić information content (AvgIpc) is 2.97. The molecule has 2 N–H and O–H groups in total. The van der Waals surface area contributed by atoms with Crippen molar-refractivity contribution in [2.45, 2.75) is 0 Å². The van der Waals surface area contributed by atoms with E-state index in [2.05, 4.69) is 20.3 Å². The van der Waals surface area contributed by atoms with E-state index >= 15 is 0 Å². The van der Waals surface area contributed by atoms with Crippen molar-refractivity contribution in [2.24, 2.45) is 0 Å². The van der Waals surface area contributed by atoms with Crippen LogP contribution in [0.15, 0.2) is 42.9 Å². The van der Waals surface area contributed by atoms with Crippen molar-refractivity contribution in [1.82, 2.24) is 25.0 Å². The number of rotatable bonds is 2. The molecule has 0 saturated heterocycles. The molecule has 2 heterocycles. The van der Waals surface area contributed by atoms with Gasteiger partial charge >= 0.3 is 0 Å². The number of anilines is 1. The molecule has 0 saturated carbocycles. The predicted molar refractivity (Wildman–Crippen MR) is 71.5 cm³/mol. The Morgan fingerprint density at radius 2 is 2.15 bits per heavy atom. The zero-order valence-electron chi connectivity index (χ0n) is 10.3. The number of hydrogen-bond acceptors (Lipinski definition) is 6. The topological polar surface area (TPSA) is 106 Å². The minimum atomic E-state index is 0.345. The van der Waals surface area contributed by atoms with Gasteiger partial charge < -0.3 is 5.73 Å². The largest absolute Gasteiger partial charge is 0.399 e. The molecule has 7 heteroatoms. The number of hydrogen-bond donors (Lipinski definition) is 1. The summed E-state index contributed by atoms with van der Waals surface area (Å²) in [6, 6.07) is 10.9. The van der Waals surface area contributed by atoms with E-state index in [1.54, 1.807) is 18.2 Å². The number of nitrogens with zero attached hydrogens (tertiary/aromatic N) is 6. The highest BCUT2D eigenvalue weighted by Crippen LogP contribution is 2.18. The molecule has 0 aliphatic heterocycles. The molecule has 0 atom stereocenters. The van der Waals surface area contributed by atoms with Gasteiger partial charge in [0.15, 0.2) is 11.6 Å². The second-order valence-electron chi connectivity index (χ2n) is 4.02. The summed E-state index contributed by atoms with van der Waals surface area (Å²) in [4.78, 5) is 4.20. The number of nitriles is 1. The molecule has 1 aromatic carbocycles. The lowest BCUT2D eigenvalue weighted by Gasteiger charge is -2.00. The molecule has 0 radical (unpaired) electrons. The lowest BCUT2D eigenvalue weighted by Crippen LogP contribution is -2.02. The van der Waals surface area contributed by atoms with Crippen LogP contribution in [0.25, 0.3) is 17.2 Å². The van der Waals surface area contributed by atoms with Gasteiger partial charge in [0.25, 0.3) is 0 Å². The Morgan fingerprint density at radius 3 is 2.95 bits per heavy atom. The number of nitrogens with two attached hydrogens (primary N) is 1. The Balaban J connectivity index is 2.05. The second kappa shape index (κ2) is 4.78. The third-order valence-electron chi connectivity index (χ3n) is 2.68. The Hall–Kier alpha value is -3.27. The van der Waals surface area contributed by atoms with E-state index in [9.17, 15) is 0 Å². The van der Waals surface area contributed by atoms with Crippen molar-refractivity contribution in [3.63, 3.8) is 0 Å². The van der Waals surface area contributed by atoms with Gasteiger partial charge in [0, 0.05) is 11.3 Å². The third kappa shape index (κ3) is 2.06. The van der Waals surface area contributed by atoms with Gasteiger partial charge in [0.2, 0.25) is 0 Å². The zero-order valence-corrected chi connectivity index (χ0v) is 10.3. The fraction of sp³-hybridized carbons (Fsp3) is 0. The fourth-order valence-corrected chi connectivity index (χ4v) is 1.76. The van der Waals surface area contributed by atoms with Crippen molar-refractivity contribution in [2.75, 3.05) is 5.73 Å². The summed E-state index contributed by atoms with van der Waals surface area (Å²) >= 11 is 0. The van der Waals surface area contributed by atoms with E-state index in [-0.39, 0.29) is 0 Å². The number of benzene rings is 1. The van der Waals surface area contributed by atoms with Crippen LogP contribution in [0.5, 0.6) is 0 Å². The predicted octanol–water partition coefficient (Wildman–Crippen LogP) is 1.18.